The molecule has 0 bridgehead atoms. The van der Waals surface area contributed by atoms with Crippen molar-refractivity contribution in [3.8, 4) is 0 Å². The van der Waals surface area contributed by atoms with E-state index in [0.29, 0.717) is 5.95 Å². The van der Waals surface area contributed by atoms with Gasteiger partial charge < -0.3 is 9.80 Å². The van der Waals surface area contributed by atoms with Gasteiger partial charge in [-0.25, -0.2) is 4.99 Å². The number of tetrazole rings is 1. The standard InChI is InChI=1S/C19H22N8/c1-25(2)17-9-5-15(6-10-17)13-20-19-22-23-24-27(19)21-14-16-7-11-18(12-8-16)26(3)4/h5-14H,1-4H3/b20-13+,21-14-. The van der Waals surface area contributed by atoms with Crippen LogP contribution in [0.15, 0.2) is 58.6 Å². The summed E-state index contributed by atoms with van der Waals surface area (Å²) in [7, 11) is 8.01. The second kappa shape index (κ2) is 8.22. The first kappa shape index (κ1) is 18.2. The van der Waals surface area contributed by atoms with Gasteiger partial charge in [0.2, 0.25) is 0 Å². The Bertz CT molecular complexity index is 845. The van der Waals surface area contributed by atoms with Crippen LogP contribution in [0.25, 0.3) is 0 Å². The predicted octanol–water partition coefficient (Wildman–Crippen LogP) is 2.44. The molecule has 2 aromatic carbocycles. The van der Waals surface area contributed by atoms with Crippen molar-refractivity contribution in [3.63, 3.8) is 0 Å². The highest BCUT2D eigenvalue weighted by molar-refractivity contribution is 5.82. The summed E-state index contributed by atoms with van der Waals surface area (Å²) < 4.78 is 0. The molecule has 8 nitrogen and oxygen atoms in total. The summed E-state index contributed by atoms with van der Waals surface area (Å²) in [4.78, 5) is 9.71. The summed E-state index contributed by atoms with van der Waals surface area (Å²) >= 11 is 0. The van der Waals surface area contributed by atoms with Gasteiger partial charge in [0.05, 0.1) is 6.21 Å². The first-order valence-electron chi connectivity index (χ1n) is 8.44. The lowest BCUT2D eigenvalue weighted by atomic mass is 10.2. The molecule has 0 fully saturated rings. The van der Waals surface area contributed by atoms with Crippen molar-refractivity contribution in [2.75, 3.05) is 38.0 Å². The van der Waals surface area contributed by atoms with E-state index in [2.05, 4.69) is 25.6 Å². The maximum absolute atomic E-state index is 4.33. The first-order valence-corrected chi connectivity index (χ1v) is 8.44. The summed E-state index contributed by atoms with van der Waals surface area (Å²) in [6, 6.07) is 16.1. The number of hydrogen-bond donors (Lipinski definition) is 0. The Labute approximate surface area is 158 Å². The number of aromatic nitrogens is 4. The maximum atomic E-state index is 4.33. The second-order valence-electron chi connectivity index (χ2n) is 6.34. The number of anilines is 2. The SMILES string of the molecule is CN(C)c1ccc(/C=N\n2nnnc2/N=C/c2ccc(N(C)C)cc2)cc1. The number of aliphatic imine (C=N–C) groups is 1. The van der Waals surface area contributed by atoms with Crippen LogP contribution in [0, 0.1) is 0 Å². The zero-order valence-electron chi connectivity index (χ0n) is 15.9. The Hall–Kier alpha value is -3.55. The Kier molecular flexibility index (Phi) is 5.55. The third-order valence-electron chi connectivity index (χ3n) is 3.90. The van der Waals surface area contributed by atoms with E-state index in [-0.39, 0.29) is 0 Å². The van der Waals surface area contributed by atoms with Crippen LogP contribution in [0.1, 0.15) is 11.1 Å². The van der Waals surface area contributed by atoms with Crippen molar-refractivity contribution < 1.29 is 0 Å². The molecular weight excluding hydrogens is 340 g/mol. The van der Waals surface area contributed by atoms with Crippen molar-refractivity contribution in [1.82, 2.24) is 20.3 Å². The molecule has 0 aliphatic heterocycles. The molecule has 3 rings (SSSR count). The topological polar surface area (TPSA) is 74.8 Å². The van der Waals surface area contributed by atoms with E-state index >= 15 is 0 Å². The third kappa shape index (κ3) is 4.75. The van der Waals surface area contributed by atoms with Crippen molar-refractivity contribution in [3.05, 3.63) is 59.7 Å². The minimum Gasteiger partial charge on any atom is -0.378 e. The maximum Gasteiger partial charge on any atom is 0.291 e. The Morgan fingerprint density at radius 1 is 0.778 bits per heavy atom. The summed E-state index contributed by atoms with van der Waals surface area (Å²) in [5.41, 5.74) is 4.16. The smallest absolute Gasteiger partial charge is 0.291 e. The lowest BCUT2D eigenvalue weighted by Crippen LogP contribution is -2.08. The van der Waals surface area contributed by atoms with Crippen LogP contribution < -0.4 is 9.80 Å². The molecule has 3 aromatic rings. The van der Waals surface area contributed by atoms with Crippen LogP contribution >= 0.6 is 0 Å². The average Bonchev–Trinajstić information content (AvgIpc) is 3.12. The first-order chi connectivity index (χ1) is 13.0. The van der Waals surface area contributed by atoms with E-state index in [1.165, 1.54) is 4.79 Å². The molecule has 138 valence electrons. The minimum absolute atomic E-state index is 0.313. The van der Waals surface area contributed by atoms with E-state index in [4.69, 9.17) is 0 Å². The summed E-state index contributed by atoms with van der Waals surface area (Å²) in [5.74, 6) is 0.313. The molecule has 0 aliphatic carbocycles. The lowest BCUT2D eigenvalue weighted by Gasteiger charge is -2.11. The molecule has 0 saturated carbocycles. The molecule has 0 aliphatic rings. The van der Waals surface area contributed by atoms with Crippen LogP contribution in [0.4, 0.5) is 17.3 Å². The number of benzene rings is 2. The van der Waals surface area contributed by atoms with E-state index < -0.39 is 0 Å². The van der Waals surface area contributed by atoms with Gasteiger partial charge in [-0.3, -0.25) is 0 Å². The molecule has 0 saturated heterocycles. The van der Waals surface area contributed by atoms with Gasteiger partial charge in [-0.2, -0.15) is 5.10 Å². The normalized spacial score (nSPS) is 11.4. The van der Waals surface area contributed by atoms with Gasteiger partial charge in [0.15, 0.2) is 0 Å². The second-order valence-corrected chi connectivity index (χ2v) is 6.34. The molecular formula is C19H22N8. The number of nitrogens with zero attached hydrogens (tertiary/aromatic N) is 8. The molecule has 0 spiro atoms. The molecule has 0 amide bonds. The molecule has 0 N–H and O–H groups in total. The molecule has 0 radical (unpaired) electrons. The van der Waals surface area contributed by atoms with Gasteiger partial charge >= 0.3 is 0 Å². The van der Waals surface area contributed by atoms with Crippen molar-refractivity contribution in [2.24, 2.45) is 10.1 Å². The minimum atomic E-state index is 0.313. The van der Waals surface area contributed by atoms with Gasteiger partial charge in [0.25, 0.3) is 5.95 Å². The van der Waals surface area contributed by atoms with Gasteiger partial charge in [0.1, 0.15) is 0 Å². The third-order valence-corrected chi connectivity index (χ3v) is 3.90. The van der Waals surface area contributed by atoms with Crippen molar-refractivity contribution in [1.29, 1.82) is 0 Å². The molecule has 8 heteroatoms. The average molecular weight is 362 g/mol. The van der Waals surface area contributed by atoms with E-state index in [1.807, 2.05) is 86.5 Å². The Balaban J connectivity index is 1.71. The lowest BCUT2D eigenvalue weighted by molar-refractivity contribution is 0.696. The highest BCUT2D eigenvalue weighted by atomic mass is 15.7. The number of hydrogen-bond acceptors (Lipinski definition) is 7. The highest BCUT2D eigenvalue weighted by Crippen LogP contribution is 2.13. The summed E-state index contributed by atoms with van der Waals surface area (Å²) in [5, 5.41) is 15.7. The fraction of sp³-hybridized carbons (Fsp3) is 0.211. The molecule has 0 atom stereocenters. The molecule has 1 heterocycles. The summed E-state index contributed by atoms with van der Waals surface area (Å²) in [6.07, 6.45) is 3.41. The van der Waals surface area contributed by atoms with Crippen LogP contribution in [0.5, 0.6) is 0 Å². The van der Waals surface area contributed by atoms with Crippen LogP contribution in [-0.2, 0) is 0 Å². The quantitative estimate of drug-likeness (QED) is 0.630. The van der Waals surface area contributed by atoms with Crippen LogP contribution in [-0.4, -0.2) is 60.9 Å². The van der Waals surface area contributed by atoms with E-state index in [9.17, 15) is 0 Å². The van der Waals surface area contributed by atoms with Crippen molar-refractivity contribution in [2.45, 2.75) is 0 Å². The zero-order chi connectivity index (χ0) is 19.2. The van der Waals surface area contributed by atoms with Gasteiger partial charge in [0, 0.05) is 45.8 Å². The monoisotopic (exact) mass is 362 g/mol. The van der Waals surface area contributed by atoms with Crippen LogP contribution in [0.3, 0.4) is 0 Å². The van der Waals surface area contributed by atoms with Gasteiger partial charge in [-0.1, -0.05) is 34.2 Å². The number of rotatable bonds is 6. The summed E-state index contributed by atoms with van der Waals surface area (Å²) in [6.45, 7) is 0. The van der Waals surface area contributed by atoms with E-state index in [0.717, 1.165) is 22.5 Å². The van der Waals surface area contributed by atoms with Gasteiger partial charge in [-0.15, -0.1) is 0 Å². The predicted molar refractivity (Wildman–Crippen MR) is 110 cm³/mol. The highest BCUT2D eigenvalue weighted by Gasteiger charge is 2.02. The zero-order valence-corrected chi connectivity index (χ0v) is 15.9. The molecule has 27 heavy (non-hydrogen) atoms. The largest absolute Gasteiger partial charge is 0.378 e. The van der Waals surface area contributed by atoms with Gasteiger partial charge in [-0.05, 0) is 45.8 Å². The van der Waals surface area contributed by atoms with E-state index in [1.54, 1.807) is 12.4 Å². The fourth-order valence-electron chi connectivity index (χ4n) is 2.30. The molecule has 1 aromatic heterocycles. The van der Waals surface area contributed by atoms with Crippen LogP contribution in [0.2, 0.25) is 0 Å². The Morgan fingerprint density at radius 2 is 1.30 bits per heavy atom. The fourth-order valence-corrected chi connectivity index (χ4v) is 2.30. The Morgan fingerprint density at radius 3 is 1.81 bits per heavy atom. The molecule has 0 unspecified atom stereocenters. The van der Waals surface area contributed by atoms with Crippen molar-refractivity contribution >= 4 is 29.8 Å².